The summed E-state index contributed by atoms with van der Waals surface area (Å²) in [4.78, 5) is 26.4. The van der Waals surface area contributed by atoms with Crippen LogP contribution in [-0.2, 0) is 6.54 Å². The molecular formula is C30H22ClFN4O3. The SMILES string of the molecule is O=C(NCc1cccc(F)c1)c1cccc(Nc2c(Oc3ccccc3)cnn(-c3ccccc3Cl)c2=O)c1. The first-order chi connectivity index (χ1) is 19.0. The van der Waals surface area contributed by atoms with E-state index in [1.807, 2.05) is 18.2 Å². The normalized spacial score (nSPS) is 10.6. The molecule has 1 amide bonds. The number of nitrogens with zero attached hydrogens (tertiary/aromatic N) is 2. The third-order valence-corrected chi connectivity index (χ3v) is 6.05. The monoisotopic (exact) mass is 540 g/mol. The molecule has 1 heterocycles. The topological polar surface area (TPSA) is 85.2 Å². The molecule has 0 aliphatic rings. The Bertz CT molecular complexity index is 1690. The van der Waals surface area contributed by atoms with E-state index in [0.29, 0.717) is 33.3 Å². The van der Waals surface area contributed by atoms with Crippen molar-refractivity contribution in [1.29, 1.82) is 0 Å². The standard InChI is InChI=1S/C30H22ClFN4O3/c31-25-14-4-5-15-26(25)36-30(38)28(27(19-34-36)39-24-12-2-1-3-13-24)35-23-11-7-9-21(17-23)29(37)33-18-20-8-6-10-22(32)16-20/h1-17,19,35H,18H2,(H,33,37). The van der Waals surface area contributed by atoms with Gasteiger partial charge in [-0.2, -0.15) is 9.78 Å². The molecule has 0 aliphatic carbocycles. The number of halogens is 2. The Morgan fingerprint density at radius 1 is 0.923 bits per heavy atom. The highest BCUT2D eigenvalue weighted by Gasteiger charge is 2.17. The smallest absolute Gasteiger partial charge is 0.299 e. The van der Waals surface area contributed by atoms with Gasteiger partial charge in [0.2, 0.25) is 0 Å². The molecule has 0 aliphatic heterocycles. The zero-order valence-corrected chi connectivity index (χ0v) is 21.2. The van der Waals surface area contributed by atoms with E-state index in [-0.39, 0.29) is 29.7 Å². The molecule has 2 N–H and O–H groups in total. The van der Waals surface area contributed by atoms with Crippen molar-refractivity contribution in [3.8, 4) is 17.2 Å². The van der Waals surface area contributed by atoms with Crippen LogP contribution >= 0.6 is 11.6 Å². The van der Waals surface area contributed by atoms with Gasteiger partial charge >= 0.3 is 0 Å². The summed E-state index contributed by atoms with van der Waals surface area (Å²) in [6.45, 7) is 0.163. The highest BCUT2D eigenvalue weighted by Crippen LogP contribution is 2.29. The Morgan fingerprint density at radius 3 is 2.49 bits per heavy atom. The lowest BCUT2D eigenvalue weighted by atomic mass is 10.1. The molecule has 5 rings (SSSR count). The van der Waals surface area contributed by atoms with Gasteiger partial charge in [0.05, 0.1) is 16.9 Å². The second kappa shape index (κ2) is 11.6. The minimum Gasteiger partial charge on any atom is -0.453 e. The Balaban J connectivity index is 1.46. The molecule has 39 heavy (non-hydrogen) atoms. The highest BCUT2D eigenvalue weighted by molar-refractivity contribution is 6.32. The number of rotatable bonds is 8. The number of anilines is 2. The van der Waals surface area contributed by atoms with Crippen LogP contribution in [0.1, 0.15) is 15.9 Å². The molecule has 0 fully saturated rings. The van der Waals surface area contributed by atoms with Crippen molar-refractivity contribution < 1.29 is 13.9 Å². The zero-order valence-electron chi connectivity index (χ0n) is 20.5. The molecule has 1 aromatic heterocycles. The van der Waals surface area contributed by atoms with Crippen LogP contribution in [0.15, 0.2) is 114 Å². The Kier molecular flexibility index (Phi) is 7.65. The first-order valence-corrected chi connectivity index (χ1v) is 12.4. The molecular weight excluding hydrogens is 519 g/mol. The molecule has 7 nitrogen and oxygen atoms in total. The number of nitrogens with one attached hydrogen (secondary N) is 2. The summed E-state index contributed by atoms with van der Waals surface area (Å²) < 4.78 is 20.6. The Labute approximate surface area is 228 Å². The summed E-state index contributed by atoms with van der Waals surface area (Å²) in [6.07, 6.45) is 1.43. The van der Waals surface area contributed by atoms with Gasteiger partial charge in [-0.1, -0.05) is 60.1 Å². The van der Waals surface area contributed by atoms with Crippen molar-refractivity contribution in [1.82, 2.24) is 15.1 Å². The third kappa shape index (κ3) is 6.14. The predicted octanol–water partition coefficient (Wildman–Crippen LogP) is 6.49. The predicted molar refractivity (Wildman–Crippen MR) is 149 cm³/mol. The maximum atomic E-state index is 13.6. The van der Waals surface area contributed by atoms with E-state index in [4.69, 9.17) is 16.3 Å². The quantitative estimate of drug-likeness (QED) is 0.235. The Hall–Kier alpha value is -4.95. The van der Waals surface area contributed by atoms with Crippen LogP contribution in [0.4, 0.5) is 15.8 Å². The third-order valence-electron chi connectivity index (χ3n) is 5.73. The van der Waals surface area contributed by atoms with Crippen LogP contribution in [0.5, 0.6) is 11.5 Å². The van der Waals surface area contributed by atoms with Crippen LogP contribution in [-0.4, -0.2) is 15.7 Å². The number of carbonyl (C=O) groups excluding carboxylic acids is 1. The number of amides is 1. The van der Waals surface area contributed by atoms with Gasteiger partial charge < -0.3 is 15.4 Å². The number of hydrogen-bond donors (Lipinski definition) is 2. The van der Waals surface area contributed by atoms with Crippen molar-refractivity contribution in [3.05, 3.63) is 142 Å². The van der Waals surface area contributed by atoms with E-state index < -0.39 is 5.56 Å². The molecule has 0 saturated carbocycles. The first kappa shape index (κ1) is 25.7. The zero-order chi connectivity index (χ0) is 27.2. The average Bonchev–Trinajstić information content (AvgIpc) is 2.95. The van der Waals surface area contributed by atoms with Crippen LogP contribution in [0, 0.1) is 5.82 Å². The minimum absolute atomic E-state index is 0.103. The van der Waals surface area contributed by atoms with Crippen LogP contribution < -0.4 is 20.9 Å². The molecule has 0 saturated heterocycles. The molecule has 0 spiro atoms. The van der Waals surface area contributed by atoms with Crippen molar-refractivity contribution >= 4 is 28.9 Å². The first-order valence-electron chi connectivity index (χ1n) is 12.0. The lowest BCUT2D eigenvalue weighted by molar-refractivity contribution is 0.0951. The van der Waals surface area contributed by atoms with E-state index in [0.717, 1.165) is 0 Å². The fourth-order valence-corrected chi connectivity index (χ4v) is 4.07. The van der Waals surface area contributed by atoms with Crippen LogP contribution in [0.3, 0.4) is 0 Å². The summed E-state index contributed by atoms with van der Waals surface area (Å²) in [5.41, 5.74) is 1.47. The lowest BCUT2D eigenvalue weighted by Gasteiger charge is -2.15. The average molecular weight is 541 g/mol. The molecule has 0 atom stereocenters. The Morgan fingerprint density at radius 2 is 1.69 bits per heavy atom. The number of para-hydroxylation sites is 2. The lowest BCUT2D eigenvalue weighted by Crippen LogP contribution is -2.24. The van der Waals surface area contributed by atoms with Gasteiger partial charge in [0, 0.05) is 17.8 Å². The number of ether oxygens (including phenoxy) is 1. The molecule has 9 heteroatoms. The molecule has 4 aromatic carbocycles. The summed E-state index contributed by atoms with van der Waals surface area (Å²) in [5, 5.41) is 10.5. The van der Waals surface area contributed by atoms with Crippen LogP contribution in [0.25, 0.3) is 5.69 Å². The summed E-state index contributed by atoms with van der Waals surface area (Å²) >= 11 is 6.33. The number of benzene rings is 4. The van der Waals surface area contributed by atoms with Crippen molar-refractivity contribution in [2.45, 2.75) is 6.54 Å². The van der Waals surface area contributed by atoms with Gasteiger partial charge in [-0.15, -0.1) is 0 Å². The van der Waals surface area contributed by atoms with Crippen molar-refractivity contribution in [2.75, 3.05) is 5.32 Å². The fourth-order valence-electron chi connectivity index (χ4n) is 3.86. The van der Waals surface area contributed by atoms with Gasteiger partial charge in [0.25, 0.3) is 11.5 Å². The fraction of sp³-hybridized carbons (Fsp3) is 0.0333. The second-order valence-corrected chi connectivity index (χ2v) is 8.89. The maximum Gasteiger partial charge on any atom is 0.299 e. The van der Waals surface area contributed by atoms with Crippen molar-refractivity contribution in [3.63, 3.8) is 0 Å². The summed E-state index contributed by atoms with van der Waals surface area (Å²) in [7, 11) is 0. The van der Waals surface area contributed by atoms with Crippen molar-refractivity contribution in [2.24, 2.45) is 0 Å². The van der Waals surface area contributed by atoms with Gasteiger partial charge in [-0.05, 0) is 60.2 Å². The van der Waals surface area contributed by atoms with E-state index in [2.05, 4.69) is 15.7 Å². The maximum absolute atomic E-state index is 13.6. The van der Waals surface area contributed by atoms with Gasteiger partial charge in [-0.3, -0.25) is 9.59 Å². The minimum atomic E-state index is -0.502. The number of carbonyl (C=O) groups is 1. The molecule has 5 aromatic rings. The number of hydrogen-bond acceptors (Lipinski definition) is 5. The molecule has 0 bridgehead atoms. The van der Waals surface area contributed by atoms with Crippen LogP contribution in [0.2, 0.25) is 5.02 Å². The van der Waals surface area contributed by atoms with E-state index in [9.17, 15) is 14.0 Å². The molecule has 194 valence electrons. The van der Waals surface area contributed by atoms with Gasteiger partial charge in [0.15, 0.2) is 11.4 Å². The number of aromatic nitrogens is 2. The van der Waals surface area contributed by atoms with Gasteiger partial charge in [0.1, 0.15) is 11.6 Å². The molecule has 0 radical (unpaired) electrons. The summed E-state index contributed by atoms with van der Waals surface area (Å²) in [5.74, 6) is -0.0219. The second-order valence-electron chi connectivity index (χ2n) is 8.49. The summed E-state index contributed by atoms with van der Waals surface area (Å²) in [6, 6.07) is 28.5. The van der Waals surface area contributed by atoms with E-state index in [1.54, 1.807) is 72.8 Å². The van der Waals surface area contributed by atoms with E-state index >= 15 is 0 Å². The highest BCUT2D eigenvalue weighted by atomic mass is 35.5. The van der Waals surface area contributed by atoms with E-state index in [1.165, 1.54) is 23.0 Å². The largest absolute Gasteiger partial charge is 0.453 e. The molecule has 0 unspecified atom stereocenters. The van der Waals surface area contributed by atoms with Gasteiger partial charge in [-0.25, -0.2) is 4.39 Å².